The molecule has 0 saturated heterocycles. The number of unbranched alkanes of at least 4 members (excludes halogenated alkanes) is 1. The number of amidine groups is 1. The van der Waals surface area contributed by atoms with Gasteiger partial charge in [-0.3, -0.25) is 14.7 Å². The van der Waals surface area contributed by atoms with Crippen molar-refractivity contribution >= 4 is 11.7 Å². The van der Waals surface area contributed by atoms with Crippen LogP contribution in [0.2, 0.25) is 0 Å². The summed E-state index contributed by atoms with van der Waals surface area (Å²) in [6.07, 6.45) is 2.98. The van der Waals surface area contributed by atoms with Crippen LogP contribution in [0.15, 0.2) is 53.5 Å². The predicted molar refractivity (Wildman–Crippen MR) is 112 cm³/mol. The Hall–Kier alpha value is -3.35. The van der Waals surface area contributed by atoms with Gasteiger partial charge < -0.3 is 0 Å². The first-order chi connectivity index (χ1) is 14.2. The number of aromatic amines is 1. The molecule has 1 aliphatic rings. The third-order valence-corrected chi connectivity index (χ3v) is 5.15. The highest BCUT2D eigenvalue weighted by molar-refractivity contribution is 6.05. The average Bonchev–Trinajstić information content (AvgIpc) is 3.37. The number of benzene rings is 2. The normalized spacial score (nSPS) is 16.3. The Morgan fingerprint density at radius 1 is 1.07 bits per heavy atom. The SMILES string of the molecule is CCCCC1=NC(C)C(=O)N1Cc1ccc(-c2ccccc2-c2nn[nH]n2)cc1. The number of amides is 1. The Morgan fingerprint density at radius 2 is 1.83 bits per heavy atom. The minimum absolute atomic E-state index is 0.0858. The summed E-state index contributed by atoms with van der Waals surface area (Å²) < 4.78 is 0. The summed E-state index contributed by atoms with van der Waals surface area (Å²) in [6, 6.07) is 16.0. The molecule has 0 aliphatic carbocycles. The fourth-order valence-electron chi connectivity index (χ4n) is 3.58. The van der Waals surface area contributed by atoms with Gasteiger partial charge in [-0.05, 0) is 35.2 Å². The number of carbonyl (C=O) groups is 1. The van der Waals surface area contributed by atoms with Crippen LogP contribution >= 0.6 is 0 Å². The lowest BCUT2D eigenvalue weighted by Gasteiger charge is -2.19. The molecule has 29 heavy (non-hydrogen) atoms. The summed E-state index contributed by atoms with van der Waals surface area (Å²) in [5, 5.41) is 14.4. The molecule has 1 unspecified atom stereocenters. The van der Waals surface area contributed by atoms with Gasteiger partial charge in [-0.2, -0.15) is 5.21 Å². The number of nitrogens with zero attached hydrogens (tertiary/aromatic N) is 5. The van der Waals surface area contributed by atoms with Crippen molar-refractivity contribution in [2.75, 3.05) is 0 Å². The molecule has 3 aromatic rings. The van der Waals surface area contributed by atoms with Crippen LogP contribution in [0.3, 0.4) is 0 Å². The first-order valence-electron chi connectivity index (χ1n) is 9.97. The van der Waals surface area contributed by atoms with Crippen LogP contribution < -0.4 is 0 Å². The molecule has 4 rings (SSSR count). The van der Waals surface area contributed by atoms with E-state index < -0.39 is 0 Å². The van der Waals surface area contributed by atoms with Crippen molar-refractivity contribution < 1.29 is 4.79 Å². The lowest BCUT2D eigenvalue weighted by atomic mass is 9.98. The molecule has 0 radical (unpaired) electrons. The Bertz CT molecular complexity index is 1010. The summed E-state index contributed by atoms with van der Waals surface area (Å²) in [4.78, 5) is 18.9. The molecule has 1 aliphatic heterocycles. The molecule has 0 bridgehead atoms. The van der Waals surface area contributed by atoms with Crippen molar-refractivity contribution in [3.63, 3.8) is 0 Å². The number of hydrogen-bond donors (Lipinski definition) is 1. The van der Waals surface area contributed by atoms with E-state index in [0.717, 1.165) is 47.4 Å². The van der Waals surface area contributed by atoms with E-state index in [-0.39, 0.29) is 11.9 Å². The van der Waals surface area contributed by atoms with Crippen LogP contribution in [0.25, 0.3) is 22.5 Å². The van der Waals surface area contributed by atoms with Gasteiger partial charge in [0, 0.05) is 12.0 Å². The number of carbonyl (C=O) groups excluding carboxylic acids is 1. The third-order valence-electron chi connectivity index (χ3n) is 5.15. The summed E-state index contributed by atoms with van der Waals surface area (Å²) in [6.45, 7) is 4.57. The van der Waals surface area contributed by atoms with Crippen LogP contribution in [0, 0.1) is 0 Å². The van der Waals surface area contributed by atoms with Gasteiger partial charge in [-0.25, -0.2) is 0 Å². The molecular formula is C22H24N6O. The van der Waals surface area contributed by atoms with Crippen molar-refractivity contribution in [3.8, 4) is 22.5 Å². The topological polar surface area (TPSA) is 87.1 Å². The quantitative estimate of drug-likeness (QED) is 0.666. The largest absolute Gasteiger partial charge is 0.294 e. The predicted octanol–water partition coefficient (Wildman–Crippen LogP) is 3.85. The molecule has 1 atom stereocenters. The van der Waals surface area contributed by atoms with Gasteiger partial charge in [0.25, 0.3) is 5.91 Å². The highest BCUT2D eigenvalue weighted by atomic mass is 16.2. The molecule has 1 amide bonds. The van der Waals surface area contributed by atoms with Crippen molar-refractivity contribution in [1.82, 2.24) is 25.5 Å². The van der Waals surface area contributed by atoms with Gasteiger partial charge in [-0.15, -0.1) is 10.2 Å². The van der Waals surface area contributed by atoms with Crippen molar-refractivity contribution in [2.24, 2.45) is 4.99 Å². The zero-order valence-corrected chi connectivity index (χ0v) is 16.7. The van der Waals surface area contributed by atoms with Gasteiger partial charge in [0.2, 0.25) is 5.82 Å². The minimum atomic E-state index is -0.275. The Morgan fingerprint density at radius 3 is 2.52 bits per heavy atom. The Labute approximate surface area is 169 Å². The van der Waals surface area contributed by atoms with E-state index >= 15 is 0 Å². The molecule has 0 saturated carbocycles. The fraction of sp³-hybridized carbons (Fsp3) is 0.318. The van der Waals surface area contributed by atoms with Crippen LogP contribution in [-0.4, -0.2) is 43.3 Å². The summed E-state index contributed by atoms with van der Waals surface area (Å²) in [7, 11) is 0. The van der Waals surface area contributed by atoms with E-state index in [2.05, 4.69) is 56.8 Å². The van der Waals surface area contributed by atoms with Crippen LogP contribution in [0.4, 0.5) is 0 Å². The number of aliphatic imine (C=N–C) groups is 1. The molecule has 2 heterocycles. The van der Waals surface area contributed by atoms with Gasteiger partial charge >= 0.3 is 0 Å². The molecule has 2 aromatic carbocycles. The maximum Gasteiger partial charge on any atom is 0.252 e. The zero-order chi connectivity index (χ0) is 20.2. The Balaban J connectivity index is 1.55. The number of aromatic nitrogens is 4. The lowest BCUT2D eigenvalue weighted by Crippen LogP contribution is -2.34. The smallest absolute Gasteiger partial charge is 0.252 e. The molecule has 7 nitrogen and oxygen atoms in total. The van der Waals surface area contributed by atoms with Gasteiger partial charge in [0.15, 0.2) is 0 Å². The molecular weight excluding hydrogens is 364 g/mol. The highest BCUT2D eigenvalue weighted by Crippen LogP contribution is 2.30. The third kappa shape index (κ3) is 3.94. The number of rotatable bonds is 7. The second kappa shape index (κ2) is 8.34. The summed E-state index contributed by atoms with van der Waals surface area (Å²) >= 11 is 0. The number of H-pyrrole nitrogens is 1. The van der Waals surface area contributed by atoms with E-state index in [1.165, 1.54) is 0 Å². The van der Waals surface area contributed by atoms with Gasteiger partial charge in [0.05, 0.1) is 6.54 Å². The number of nitrogens with one attached hydrogen (secondary N) is 1. The lowest BCUT2D eigenvalue weighted by molar-refractivity contribution is -0.127. The van der Waals surface area contributed by atoms with E-state index in [1.807, 2.05) is 36.1 Å². The van der Waals surface area contributed by atoms with Crippen molar-refractivity contribution in [1.29, 1.82) is 0 Å². The van der Waals surface area contributed by atoms with Gasteiger partial charge in [0.1, 0.15) is 11.9 Å². The van der Waals surface area contributed by atoms with E-state index in [4.69, 9.17) is 0 Å². The highest BCUT2D eigenvalue weighted by Gasteiger charge is 2.30. The second-order valence-electron chi connectivity index (χ2n) is 7.23. The monoisotopic (exact) mass is 388 g/mol. The standard InChI is InChI=1S/C22H24N6O/c1-3-4-9-20-23-15(2)22(29)28(20)14-16-10-12-17(13-11-16)18-7-5-6-8-19(18)21-24-26-27-25-21/h5-8,10-13,15H,3-4,9,14H2,1-2H3,(H,24,25,26,27). The molecule has 0 spiro atoms. The van der Waals surface area contributed by atoms with Crippen LogP contribution in [0.5, 0.6) is 0 Å². The van der Waals surface area contributed by atoms with E-state index in [0.29, 0.717) is 12.4 Å². The average molecular weight is 388 g/mol. The van der Waals surface area contributed by atoms with Crippen LogP contribution in [0.1, 0.15) is 38.7 Å². The van der Waals surface area contributed by atoms with Gasteiger partial charge in [-0.1, -0.05) is 61.9 Å². The maximum atomic E-state index is 12.5. The second-order valence-corrected chi connectivity index (χ2v) is 7.23. The number of tetrazole rings is 1. The molecule has 148 valence electrons. The molecule has 7 heteroatoms. The maximum absolute atomic E-state index is 12.5. The Kier molecular flexibility index (Phi) is 5.46. The van der Waals surface area contributed by atoms with Crippen molar-refractivity contribution in [3.05, 3.63) is 54.1 Å². The van der Waals surface area contributed by atoms with E-state index in [1.54, 1.807) is 0 Å². The summed E-state index contributed by atoms with van der Waals surface area (Å²) in [5.41, 5.74) is 4.11. The molecule has 1 aromatic heterocycles. The van der Waals surface area contributed by atoms with Crippen molar-refractivity contribution in [2.45, 2.75) is 45.7 Å². The fourth-order valence-corrected chi connectivity index (χ4v) is 3.58. The molecule has 0 fully saturated rings. The number of hydrogen-bond acceptors (Lipinski definition) is 5. The molecule has 1 N–H and O–H groups in total. The van der Waals surface area contributed by atoms with Crippen LogP contribution in [-0.2, 0) is 11.3 Å². The zero-order valence-electron chi connectivity index (χ0n) is 16.7. The first kappa shape index (κ1) is 19.0. The summed E-state index contributed by atoms with van der Waals surface area (Å²) in [5.74, 6) is 1.57. The van der Waals surface area contributed by atoms with E-state index in [9.17, 15) is 4.79 Å². The minimum Gasteiger partial charge on any atom is -0.294 e. The first-order valence-corrected chi connectivity index (χ1v) is 9.97.